The summed E-state index contributed by atoms with van der Waals surface area (Å²) in [6.07, 6.45) is 8.25. The first-order valence-electron chi connectivity index (χ1n) is 8.74. The lowest BCUT2D eigenvalue weighted by Crippen LogP contribution is -2.29. The van der Waals surface area contributed by atoms with Crippen molar-refractivity contribution in [2.45, 2.75) is 12.8 Å². The van der Waals surface area contributed by atoms with Gasteiger partial charge in [0, 0.05) is 49.2 Å². The molecule has 4 rings (SSSR count). The number of carbonyl (C=O) groups excluding carboxylic acids is 2. The van der Waals surface area contributed by atoms with E-state index in [0.29, 0.717) is 23.5 Å². The molecule has 6 nitrogen and oxygen atoms in total. The summed E-state index contributed by atoms with van der Waals surface area (Å²) in [7, 11) is 0. The average Bonchev–Trinajstić information content (AvgIpc) is 3.30. The van der Waals surface area contributed by atoms with Crippen LogP contribution in [0.1, 0.15) is 30.5 Å². The third-order valence-electron chi connectivity index (χ3n) is 4.44. The molecule has 1 aliphatic heterocycles. The van der Waals surface area contributed by atoms with E-state index >= 15 is 0 Å². The summed E-state index contributed by atoms with van der Waals surface area (Å²) in [5, 5.41) is 2.94. The van der Waals surface area contributed by atoms with Gasteiger partial charge in [-0.2, -0.15) is 0 Å². The van der Waals surface area contributed by atoms with E-state index in [1.807, 2.05) is 18.2 Å². The second-order valence-electron chi connectivity index (χ2n) is 6.23. The van der Waals surface area contributed by atoms with Crippen LogP contribution in [-0.2, 0) is 12.8 Å². The molecule has 0 saturated heterocycles. The van der Waals surface area contributed by atoms with Crippen molar-refractivity contribution in [1.82, 2.24) is 15.3 Å². The zero-order valence-corrected chi connectivity index (χ0v) is 15.4. The molecule has 0 unspecified atom stereocenters. The SMILES string of the molecule is O=C(NCCc1cccnc1)c1cc2c(s1)CCN2C(=O)c1cccnc1. The van der Waals surface area contributed by atoms with Crippen molar-refractivity contribution in [1.29, 1.82) is 0 Å². The number of hydrogen-bond acceptors (Lipinski definition) is 5. The normalized spacial score (nSPS) is 12.7. The number of thiophene rings is 1. The Morgan fingerprint density at radius 3 is 2.70 bits per heavy atom. The van der Waals surface area contributed by atoms with Gasteiger partial charge in [0.15, 0.2) is 0 Å². The van der Waals surface area contributed by atoms with Crippen LogP contribution in [0.4, 0.5) is 5.69 Å². The van der Waals surface area contributed by atoms with Crippen LogP contribution in [-0.4, -0.2) is 34.9 Å². The van der Waals surface area contributed by atoms with Gasteiger partial charge in [0.1, 0.15) is 0 Å². The van der Waals surface area contributed by atoms with Gasteiger partial charge in [-0.15, -0.1) is 11.3 Å². The number of nitrogens with zero attached hydrogens (tertiary/aromatic N) is 3. The van der Waals surface area contributed by atoms with Gasteiger partial charge in [-0.3, -0.25) is 19.6 Å². The highest BCUT2D eigenvalue weighted by atomic mass is 32.1. The average molecular weight is 378 g/mol. The molecule has 27 heavy (non-hydrogen) atoms. The molecule has 0 atom stereocenters. The summed E-state index contributed by atoms with van der Waals surface area (Å²) < 4.78 is 0. The molecular formula is C20H18N4O2S. The van der Waals surface area contributed by atoms with E-state index in [-0.39, 0.29) is 11.8 Å². The molecular weight excluding hydrogens is 360 g/mol. The predicted molar refractivity (Wildman–Crippen MR) is 104 cm³/mol. The Balaban J connectivity index is 1.41. The van der Waals surface area contributed by atoms with Crippen molar-refractivity contribution < 1.29 is 9.59 Å². The standard InChI is InChI=1S/C20H18N4O2S/c25-19(23-9-5-14-3-1-7-21-12-14)18-11-16-17(27-18)6-10-24(16)20(26)15-4-2-8-22-13-15/h1-4,7-8,11-13H,5-6,9-10H2,(H,23,25). The van der Waals surface area contributed by atoms with Gasteiger partial charge in [0.25, 0.3) is 11.8 Å². The molecule has 0 fully saturated rings. The fraction of sp³-hybridized carbons (Fsp3) is 0.200. The Hall–Kier alpha value is -3.06. The molecule has 0 bridgehead atoms. The van der Waals surface area contributed by atoms with Gasteiger partial charge >= 0.3 is 0 Å². The van der Waals surface area contributed by atoms with Crippen molar-refractivity contribution in [3.63, 3.8) is 0 Å². The summed E-state index contributed by atoms with van der Waals surface area (Å²) in [5.41, 5.74) is 2.48. The van der Waals surface area contributed by atoms with Crippen LogP contribution in [0.15, 0.2) is 55.1 Å². The van der Waals surface area contributed by atoms with Gasteiger partial charge in [0.05, 0.1) is 16.1 Å². The maximum atomic E-state index is 12.7. The summed E-state index contributed by atoms with van der Waals surface area (Å²) >= 11 is 1.46. The van der Waals surface area contributed by atoms with Gasteiger partial charge in [-0.25, -0.2) is 0 Å². The fourth-order valence-corrected chi connectivity index (χ4v) is 4.15. The Kier molecular flexibility index (Phi) is 4.93. The van der Waals surface area contributed by atoms with Gasteiger partial charge in [-0.05, 0) is 36.2 Å². The largest absolute Gasteiger partial charge is 0.351 e. The number of amides is 2. The first-order chi connectivity index (χ1) is 13.2. The van der Waals surface area contributed by atoms with Crippen molar-refractivity contribution in [3.05, 3.63) is 76.0 Å². The Morgan fingerprint density at radius 2 is 1.96 bits per heavy atom. The highest BCUT2D eigenvalue weighted by molar-refractivity contribution is 7.14. The molecule has 1 N–H and O–H groups in total. The maximum absolute atomic E-state index is 12.7. The van der Waals surface area contributed by atoms with Crippen LogP contribution in [0.2, 0.25) is 0 Å². The van der Waals surface area contributed by atoms with E-state index in [4.69, 9.17) is 0 Å². The zero-order valence-electron chi connectivity index (χ0n) is 14.6. The first-order valence-corrected chi connectivity index (χ1v) is 9.56. The van der Waals surface area contributed by atoms with E-state index in [1.54, 1.807) is 41.8 Å². The minimum atomic E-state index is -0.105. The Bertz CT molecular complexity index is 957. The number of rotatable bonds is 5. The third-order valence-corrected chi connectivity index (χ3v) is 5.62. The second kappa shape index (κ2) is 7.67. The molecule has 2 amide bonds. The van der Waals surface area contributed by atoms with E-state index < -0.39 is 0 Å². The molecule has 3 aromatic rings. The summed E-state index contributed by atoms with van der Waals surface area (Å²) in [6, 6.07) is 9.20. The van der Waals surface area contributed by atoms with Crippen LogP contribution in [0.25, 0.3) is 0 Å². The molecule has 3 aromatic heterocycles. The summed E-state index contributed by atoms with van der Waals surface area (Å²) in [6.45, 7) is 1.18. The summed E-state index contributed by atoms with van der Waals surface area (Å²) in [4.78, 5) is 36.7. The van der Waals surface area contributed by atoms with Gasteiger partial charge < -0.3 is 10.2 Å². The molecule has 0 aromatic carbocycles. The van der Waals surface area contributed by atoms with Crippen molar-refractivity contribution >= 4 is 28.8 Å². The zero-order chi connectivity index (χ0) is 18.6. The minimum absolute atomic E-state index is 0.0804. The summed E-state index contributed by atoms with van der Waals surface area (Å²) in [5.74, 6) is -0.185. The topological polar surface area (TPSA) is 75.2 Å². The Labute approximate surface area is 160 Å². The lowest BCUT2D eigenvalue weighted by Gasteiger charge is -2.15. The van der Waals surface area contributed by atoms with Crippen LogP contribution in [0.5, 0.6) is 0 Å². The monoisotopic (exact) mass is 378 g/mol. The van der Waals surface area contributed by atoms with Crippen molar-refractivity contribution in [2.75, 3.05) is 18.0 Å². The number of carbonyl (C=O) groups is 2. The van der Waals surface area contributed by atoms with E-state index in [9.17, 15) is 9.59 Å². The van der Waals surface area contributed by atoms with Crippen LogP contribution < -0.4 is 10.2 Å². The molecule has 0 saturated carbocycles. The number of fused-ring (bicyclic) bond motifs is 1. The van der Waals surface area contributed by atoms with Gasteiger partial charge in [0.2, 0.25) is 0 Å². The molecule has 7 heteroatoms. The fourth-order valence-electron chi connectivity index (χ4n) is 3.08. The predicted octanol–water partition coefficient (Wildman–Crippen LogP) is 2.71. The van der Waals surface area contributed by atoms with E-state index in [2.05, 4.69) is 15.3 Å². The molecule has 0 radical (unpaired) electrons. The number of nitrogens with one attached hydrogen (secondary N) is 1. The van der Waals surface area contributed by atoms with Crippen LogP contribution in [0, 0.1) is 0 Å². The van der Waals surface area contributed by atoms with Crippen LogP contribution >= 0.6 is 11.3 Å². The molecule has 1 aliphatic rings. The Morgan fingerprint density at radius 1 is 1.15 bits per heavy atom. The molecule has 136 valence electrons. The van der Waals surface area contributed by atoms with Crippen molar-refractivity contribution in [3.8, 4) is 0 Å². The number of anilines is 1. The number of pyridine rings is 2. The highest BCUT2D eigenvalue weighted by Crippen LogP contribution is 2.36. The molecule has 4 heterocycles. The first kappa shape index (κ1) is 17.4. The number of aromatic nitrogens is 2. The second-order valence-corrected chi connectivity index (χ2v) is 7.37. The van der Waals surface area contributed by atoms with Crippen molar-refractivity contribution in [2.24, 2.45) is 0 Å². The maximum Gasteiger partial charge on any atom is 0.261 e. The minimum Gasteiger partial charge on any atom is -0.351 e. The molecule has 0 aliphatic carbocycles. The lowest BCUT2D eigenvalue weighted by molar-refractivity contribution is 0.0955. The highest BCUT2D eigenvalue weighted by Gasteiger charge is 2.29. The molecule has 0 spiro atoms. The smallest absolute Gasteiger partial charge is 0.261 e. The number of hydrogen-bond donors (Lipinski definition) is 1. The van der Waals surface area contributed by atoms with Crippen LogP contribution in [0.3, 0.4) is 0 Å². The third kappa shape index (κ3) is 3.73. The van der Waals surface area contributed by atoms with Gasteiger partial charge in [-0.1, -0.05) is 6.07 Å². The van der Waals surface area contributed by atoms with E-state index in [0.717, 1.165) is 29.0 Å². The lowest BCUT2D eigenvalue weighted by atomic mass is 10.2. The van der Waals surface area contributed by atoms with E-state index in [1.165, 1.54) is 11.3 Å². The quantitative estimate of drug-likeness (QED) is 0.741.